The molecular weight excluding hydrogens is 189 g/mol. The zero-order valence-corrected chi connectivity index (χ0v) is 6.38. The van der Waals surface area contributed by atoms with Gasteiger partial charge in [-0.15, -0.1) is 0 Å². The van der Waals surface area contributed by atoms with E-state index in [0.717, 1.165) is 11.0 Å². The maximum absolute atomic E-state index is 5.59. The third-order valence-electron chi connectivity index (χ3n) is 0.791. The summed E-state index contributed by atoms with van der Waals surface area (Å²) in [5, 5.41) is 3.45. The lowest BCUT2D eigenvalue weighted by atomic mass is 10.4. The van der Waals surface area contributed by atoms with Crippen molar-refractivity contribution in [2.75, 3.05) is 6.54 Å². The lowest BCUT2D eigenvalue weighted by Gasteiger charge is -2.03. The van der Waals surface area contributed by atoms with E-state index in [1.807, 2.05) is 6.08 Å². The molecule has 1 aliphatic rings. The van der Waals surface area contributed by atoms with Gasteiger partial charge in [0.15, 0.2) is 0 Å². The van der Waals surface area contributed by atoms with E-state index < -0.39 is 0 Å². The minimum atomic E-state index is 0.608. The van der Waals surface area contributed by atoms with Crippen molar-refractivity contribution in [3.63, 3.8) is 0 Å². The van der Waals surface area contributed by atoms with Crippen LogP contribution < -0.4 is 5.32 Å². The van der Waals surface area contributed by atoms with Crippen molar-refractivity contribution in [2.24, 2.45) is 0 Å². The van der Waals surface area contributed by atoms with Crippen LogP contribution in [0.3, 0.4) is 0 Å². The Morgan fingerprint density at radius 3 is 3.00 bits per heavy atom. The van der Waals surface area contributed by atoms with Crippen LogP contribution in [0.15, 0.2) is 15.6 Å². The van der Waals surface area contributed by atoms with Gasteiger partial charge in [0.25, 0.3) is 0 Å². The van der Waals surface area contributed by atoms with Crippen LogP contribution in [0.5, 0.6) is 0 Å². The van der Waals surface area contributed by atoms with Gasteiger partial charge in [-0.2, -0.15) is 0 Å². The molecule has 1 aliphatic heterocycles. The molecular formula is C5H4BrClN. The fraction of sp³-hybridized carbons (Fsp3) is 0.200. The van der Waals surface area contributed by atoms with E-state index >= 15 is 0 Å². The molecule has 1 nitrogen and oxygen atoms in total. The number of allylic oxidation sites excluding steroid dienone is 2. The Hall–Kier alpha value is 0.0500. The summed E-state index contributed by atoms with van der Waals surface area (Å²) in [6, 6.07) is 0. The SMILES string of the molecule is ClC1=[C]NCC=C1Br. The summed E-state index contributed by atoms with van der Waals surface area (Å²) in [5.41, 5.74) is 0. The molecule has 0 bridgehead atoms. The number of rotatable bonds is 0. The van der Waals surface area contributed by atoms with Gasteiger partial charge in [-0.1, -0.05) is 11.6 Å². The molecule has 0 aromatic heterocycles. The van der Waals surface area contributed by atoms with Crippen LogP contribution in [0.4, 0.5) is 0 Å². The molecule has 0 atom stereocenters. The van der Waals surface area contributed by atoms with Crippen molar-refractivity contribution >= 4 is 27.5 Å². The highest BCUT2D eigenvalue weighted by atomic mass is 79.9. The summed E-state index contributed by atoms with van der Waals surface area (Å²) in [6.07, 6.45) is 4.69. The minimum absolute atomic E-state index is 0.608. The molecule has 3 heteroatoms. The van der Waals surface area contributed by atoms with Crippen molar-refractivity contribution in [1.82, 2.24) is 5.32 Å². The summed E-state index contributed by atoms with van der Waals surface area (Å²) in [7, 11) is 0. The predicted octanol–water partition coefficient (Wildman–Crippen LogP) is 1.75. The summed E-state index contributed by atoms with van der Waals surface area (Å²) < 4.78 is 0.915. The van der Waals surface area contributed by atoms with Crippen LogP contribution >= 0.6 is 27.5 Å². The molecule has 1 heterocycles. The molecule has 0 aromatic rings. The van der Waals surface area contributed by atoms with E-state index in [1.165, 1.54) is 0 Å². The Bertz CT molecular complexity index is 133. The first kappa shape index (κ1) is 6.17. The summed E-state index contributed by atoms with van der Waals surface area (Å²) in [5.74, 6) is 0. The zero-order valence-electron chi connectivity index (χ0n) is 4.04. The third kappa shape index (κ3) is 1.26. The second kappa shape index (κ2) is 2.55. The van der Waals surface area contributed by atoms with Crippen molar-refractivity contribution in [3.05, 3.63) is 21.8 Å². The third-order valence-corrected chi connectivity index (χ3v) is 2.04. The molecule has 0 fully saturated rings. The maximum atomic E-state index is 5.59. The first-order chi connectivity index (χ1) is 3.80. The molecule has 1 rings (SSSR count). The average molecular weight is 193 g/mol. The van der Waals surface area contributed by atoms with Crippen LogP contribution in [0.25, 0.3) is 0 Å². The molecule has 0 saturated heterocycles. The Kier molecular flexibility index (Phi) is 1.97. The Balaban J connectivity index is 2.73. The van der Waals surface area contributed by atoms with E-state index in [1.54, 1.807) is 0 Å². The second-order valence-electron chi connectivity index (χ2n) is 1.37. The smallest absolute Gasteiger partial charge is 0.0798 e. The quantitative estimate of drug-likeness (QED) is 0.618. The van der Waals surface area contributed by atoms with E-state index in [4.69, 9.17) is 11.6 Å². The summed E-state index contributed by atoms with van der Waals surface area (Å²) in [6.45, 7) is 0.802. The van der Waals surface area contributed by atoms with Gasteiger partial charge in [0, 0.05) is 11.0 Å². The van der Waals surface area contributed by atoms with Gasteiger partial charge in [-0.25, -0.2) is 0 Å². The molecule has 8 heavy (non-hydrogen) atoms. The molecule has 0 unspecified atom stereocenters. The van der Waals surface area contributed by atoms with Crippen LogP contribution in [0.2, 0.25) is 0 Å². The van der Waals surface area contributed by atoms with Crippen LogP contribution in [-0.4, -0.2) is 6.54 Å². The minimum Gasteiger partial charge on any atom is -0.379 e. The van der Waals surface area contributed by atoms with Gasteiger partial charge < -0.3 is 5.32 Å². The van der Waals surface area contributed by atoms with Gasteiger partial charge in [0.05, 0.1) is 11.2 Å². The van der Waals surface area contributed by atoms with E-state index in [0.29, 0.717) is 5.03 Å². The van der Waals surface area contributed by atoms with Crippen molar-refractivity contribution < 1.29 is 0 Å². The van der Waals surface area contributed by atoms with Crippen molar-refractivity contribution in [3.8, 4) is 0 Å². The molecule has 1 radical (unpaired) electrons. The first-order valence-electron chi connectivity index (χ1n) is 2.18. The topological polar surface area (TPSA) is 12.0 Å². The Morgan fingerprint density at radius 1 is 1.88 bits per heavy atom. The van der Waals surface area contributed by atoms with Gasteiger partial charge in [-0.3, -0.25) is 0 Å². The summed E-state index contributed by atoms with van der Waals surface area (Å²) in [4.78, 5) is 0. The van der Waals surface area contributed by atoms with Gasteiger partial charge in [0.2, 0.25) is 0 Å². The fourth-order valence-corrected chi connectivity index (χ4v) is 0.824. The molecule has 0 aromatic carbocycles. The normalized spacial score (nSPS) is 18.8. The number of halogens is 2. The average Bonchev–Trinajstić information content (AvgIpc) is 1.77. The largest absolute Gasteiger partial charge is 0.379 e. The highest BCUT2D eigenvalue weighted by Crippen LogP contribution is 2.20. The van der Waals surface area contributed by atoms with Crippen molar-refractivity contribution in [1.29, 1.82) is 0 Å². The fourth-order valence-electron chi connectivity index (χ4n) is 0.419. The number of nitrogens with one attached hydrogen (secondary N) is 1. The standard InChI is InChI=1S/C5H4BrClN/c6-4-1-2-8-3-5(4)7/h1,8H,2H2. The summed E-state index contributed by atoms with van der Waals surface area (Å²) >= 11 is 8.84. The monoisotopic (exact) mass is 192 g/mol. The number of hydrogen-bond donors (Lipinski definition) is 1. The molecule has 43 valence electrons. The Labute approximate surface area is 61.5 Å². The molecule has 0 saturated carbocycles. The van der Waals surface area contributed by atoms with Crippen LogP contribution in [0, 0.1) is 6.20 Å². The van der Waals surface area contributed by atoms with Crippen molar-refractivity contribution in [2.45, 2.75) is 0 Å². The molecule has 0 spiro atoms. The maximum Gasteiger partial charge on any atom is 0.0798 e. The number of hydrogen-bond acceptors (Lipinski definition) is 1. The predicted molar refractivity (Wildman–Crippen MR) is 37.6 cm³/mol. The van der Waals surface area contributed by atoms with E-state index in [2.05, 4.69) is 27.4 Å². The molecule has 1 N–H and O–H groups in total. The van der Waals surface area contributed by atoms with E-state index in [-0.39, 0.29) is 0 Å². The second-order valence-corrected chi connectivity index (χ2v) is 2.60. The van der Waals surface area contributed by atoms with Crippen LogP contribution in [-0.2, 0) is 0 Å². The Morgan fingerprint density at radius 2 is 2.62 bits per heavy atom. The number of dihydropyridines is 1. The lowest BCUT2D eigenvalue weighted by Crippen LogP contribution is -2.09. The van der Waals surface area contributed by atoms with E-state index in [9.17, 15) is 0 Å². The van der Waals surface area contributed by atoms with Gasteiger partial charge in [-0.05, 0) is 22.0 Å². The molecule has 0 amide bonds. The highest BCUT2D eigenvalue weighted by Gasteiger charge is 2.00. The highest BCUT2D eigenvalue weighted by molar-refractivity contribution is 9.12. The first-order valence-corrected chi connectivity index (χ1v) is 3.35. The molecule has 0 aliphatic carbocycles. The van der Waals surface area contributed by atoms with Gasteiger partial charge in [0.1, 0.15) is 0 Å². The zero-order chi connectivity index (χ0) is 5.98. The van der Waals surface area contributed by atoms with Crippen LogP contribution in [0.1, 0.15) is 0 Å². The lowest BCUT2D eigenvalue weighted by molar-refractivity contribution is 0.935. The van der Waals surface area contributed by atoms with Gasteiger partial charge >= 0.3 is 0 Å².